The lowest BCUT2D eigenvalue weighted by atomic mass is 10.2. The van der Waals surface area contributed by atoms with Crippen LogP contribution in [-0.2, 0) is 9.59 Å². The van der Waals surface area contributed by atoms with Crippen LogP contribution in [0.3, 0.4) is 0 Å². The monoisotopic (exact) mass is 228 g/mol. The normalized spacial score (nSPS) is 15.5. The second kappa shape index (κ2) is 6.67. The zero-order chi connectivity index (χ0) is 11.1. The summed E-state index contributed by atoms with van der Waals surface area (Å²) in [6.45, 7) is 0. The Morgan fingerprint density at radius 1 is 1.40 bits per heavy atom. The lowest BCUT2D eigenvalue weighted by Crippen LogP contribution is -1.95. The quantitative estimate of drug-likeness (QED) is 0.680. The summed E-state index contributed by atoms with van der Waals surface area (Å²) in [6, 6.07) is 0. The van der Waals surface area contributed by atoms with Gasteiger partial charge in [-0.3, -0.25) is 9.59 Å². The third-order valence-electron chi connectivity index (χ3n) is 2.27. The molecule has 0 aromatic carbocycles. The molecule has 1 rings (SSSR count). The smallest absolute Gasteiger partial charge is 0.303 e. The second-order valence-corrected chi connectivity index (χ2v) is 4.72. The number of hydrogen-bond acceptors (Lipinski definition) is 3. The first-order valence-electron chi connectivity index (χ1n) is 5.28. The predicted octanol–water partition coefficient (Wildman–Crippen LogP) is 2.61. The molecule has 15 heavy (non-hydrogen) atoms. The van der Waals surface area contributed by atoms with Gasteiger partial charge in [-0.05, 0) is 25.0 Å². The van der Waals surface area contributed by atoms with Gasteiger partial charge >= 0.3 is 5.97 Å². The summed E-state index contributed by atoms with van der Waals surface area (Å²) in [5.74, 6) is 0.471. The van der Waals surface area contributed by atoms with Crippen molar-refractivity contribution in [3.8, 4) is 0 Å². The van der Waals surface area contributed by atoms with Crippen molar-refractivity contribution in [1.82, 2.24) is 0 Å². The van der Waals surface area contributed by atoms with Gasteiger partial charge in [0.25, 0.3) is 0 Å². The van der Waals surface area contributed by atoms with Crippen LogP contribution >= 0.6 is 11.8 Å². The Balaban J connectivity index is 1.97. The van der Waals surface area contributed by atoms with E-state index in [-0.39, 0.29) is 12.2 Å². The van der Waals surface area contributed by atoms with Gasteiger partial charge in [-0.15, -0.1) is 11.8 Å². The number of carboxylic acid groups (broad SMARTS) is 1. The summed E-state index contributed by atoms with van der Waals surface area (Å²) in [5.41, 5.74) is 0. The van der Waals surface area contributed by atoms with E-state index in [0.717, 1.165) is 36.3 Å². The first kappa shape index (κ1) is 12.3. The molecule has 0 bridgehead atoms. The Morgan fingerprint density at radius 3 is 2.80 bits per heavy atom. The van der Waals surface area contributed by atoms with Crippen LogP contribution in [0, 0.1) is 0 Å². The van der Waals surface area contributed by atoms with Gasteiger partial charge in [0.1, 0.15) is 0 Å². The summed E-state index contributed by atoms with van der Waals surface area (Å²) >= 11 is 1.62. The number of allylic oxidation sites excluding steroid dienone is 2. The maximum absolute atomic E-state index is 11.2. The average molecular weight is 228 g/mol. The van der Waals surface area contributed by atoms with E-state index in [0.29, 0.717) is 6.42 Å². The molecule has 0 saturated carbocycles. The highest BCUT2D eigenvalue weighted by Crippen LogP contribution is 2.26. The molecule has 3 nitrogen and oxygen atoms in total. The second-order valence-electron chi connectivity index (χ2n) is 3.58. The summed E-state index contributed by atoms with van der Waals surface area (Å²) in [6.07, 6.45) is 6.48. The molecule has 84 valence electrons. The van der Waals surface area contributed by atoms with E-state index in [1.54, 1.807) is 11.8 Å². The number of hydrogen-bond donors (Lipinski definition) is 1. The van der Waals surface area contributed by atoms with Gasteiger partial charge < -0.3 is 5.11 Å². The van der Waals surface area contributed by atoms with Crippen molar-refractivity contribution in [3.05, 3.63) is 11.0 Å². The van der Waals surface area contributed by atoms with Crippen LogP contribution in [-0.4, -0.2) is 22.6 Å². The fourth-order valence-electron chi connectivity index (χ4n) is 1.45. The van der Waals surface area contributed by atoms with E-state index in [2.05, 4.69) is 0 Å². The number of carboxylic acids is 1. The first-order valence-corrected chi connectivity index (χ1v) is 6.26. The predicted molar refractivity (Wildman–Crippen MR) is 60.9 cm³/mol. The van der Waals surface area contributed by atoms with Crippen LogP contribution in [0.5, 0.6) is 0 Å². The zero-order valence-corrected chi connectivity index (χ0v) is 9.52. The highest BCUT2D eigenvalue weighted by molar-refractivity contribution is 8.04. The minimum Gasteiger partial charge on any atom is -0.481 e. The minimum atomic E-state index is -0.726. The van der Waals surface area contributed by atoms with Crippen LogP contribution < -0.4 is 0 Å². The summed E-state index contributed by atoms with van der Waals surface area (Å²) < 4.78 is 0. The van der Waals surface area contributed by atoms with Gasteiger partial charge in [0.15, 0.2) is 5.78 Å². The Morgan fingerprint density at radius 2 is 2.20 bits per heavy atom. The highest BCUT2D eigenvalue weighted by Gasteiger charge is 2.14. The molecule has 0 fully saturated rings. The average Bonchev–Trinajstić information content (AvgIpc) is 2.57. The van der Waals surface area contributed by atoms with Gasteiger partial charge in [0.2, 0.25) is 0 Å². The Kier molecular flexibility index (Phi) is 5.47. The Bertz CT molecular complexity index is 271. The maximum atomic E-state index is 11.2. The standard InChI is InChI=1S/C11H16O3S/c12-9-5-4-6-10(9)15-8-3-1-2-7-11(13)14/h6H,1-5,7-8H2,(H,13,14). The molecule has 0 aromatic rings. The number of thioether (sulfide) groups is 1. The molecule has 0 radical (unpaired) electrons. The van der Waals surface area contributed by atoms with E-state index < -0.39 is 5.97 Å². The molecule has 0 aromatic heterocycles. The fraction of sp³-hybridized carbons (Fsp3) is 0.636. The van der Waals surface area contributed by atoms with Gasteiger partial charge in [-0.2, -0.15) is 0 Å². The van der Waals surface area contributed by atoms with E-state index in [9.17, 15) is 9.59 Å². The fourth-order valence-corrected chi connectivity index (χ4v) is 2.52. The Labute approximate surface area is 93.9 Å². The summed E-state index contributed by atoms with van der Waals surface area (Å²) in [4.78, 5) is 22.4. The molecule has 0 spiro atoms. The highest BCUT2D eigenvalue weighted by atomic mass is 32.2. The number of carbonyl (C=O) groups is 2. The number of aliphatic carboxylic acids is 1. The molecule has 0 aliphatic heterocycles. The molecule has 1 aliphatic carbocycles. The lowest BCUT2D eigenvalue weighted by molar-refractivity contribution is -0.137. The van der Waals surface area contributed by atoms with Crippen LogP contribution in [0.4, 0.5) is 0 Å². The molecular weight excluding hydrogens is 212 g/mol. The molecule has 1 N–H and O–H groups in total. The SMILES string of the molecule is O=C(O)CCCCCSC1=CCCC1=O. The van der Waals surface area contributed by atoms with Crippen molar-refractivity contribution in [3.63, 3.8) is 0 Å². The number of ketones is 1. The van der Waals surface area contributed by atoms with E-state index >= 15 is 0 Å². The van der Waals surface area contributed by atoms with E-state index in [4.69, 9.17) is 5.11 Å². The third-order valence-corrected chi connectivity index (χ3v) is 3.47. The third kappa shape index (κ3) is 5.02. The molecule has 0 unspecified atom stereocenters. The molecule has 0 amide bonds. The molecule has 4 heteroatoms. The lowest BCUT2D eigenvalue weighted by Gasteiger charge is -2.00. The van der Waals surface area contributed by atoms with Crippen molar-refractivity contribution in [2.75, 3.05) is 5.75 Å². The summed E-state index contributed by atoms with van der Waals surface area (Å²) in [7, 11) is 0. The molecule has 0 atom stereocenters. The van der Waals surface area contributed by atoms with Crippen molar-refractivity contribution in [2.24, 2.45) is 0 Å². The van der Waals surface area contributed by atoms with Gasteiger partial charge in [-0.1, -0.05) is 12.5 Å². The van der Waals surface area contributed by atoms with Crippen LogP contribution in [0.2, 0.25) is 0 Å². The van der Waals surface area contributed by atoms with Crippen molar-refractivity contribution in [2.45, 2.75) is 38.5 Å². The number of unbranched alkanes of at least 4 members (excludes halogenated alkanes) is 2. The molecular formula is C11H16O3S. The van der Waals surface area contributed by atoms with Crippen LogP contribution in [0.15, 0.2) is 11.0 Å². The minimum absolute atomic E-state index is 0.256. The Hall–Kier alpha value is -0.770. The van der Waals surface area contributed by atoms with E-state index in [1.165, 1.54) is 0 Å². The van der Waals surface area contributed by atoms with E-state index in [1.807, 2.05) is 6.08 Å². The van der Waals surface area contributed by atoms with Crippen LogP contribution in [0.1, 0.15) is 38.5 Å². The maximum Gasteiger partial charge on any atom is 0.303 e. The number of carbonyl (C=O) groups excluding carboxylic acids is 1. The largest absolute Gasteiger partial charge is 0.481 e. The molecule has 1 aliphatic rings. The first-order chi connectivity index (χ1) is 7.20. The van der Waals surface area contributed by atoms with Crippen molar-refractivity contribution < 1.29 is 14.7 Å². The molecule has 0 heterocycles. The topological polar surface area (TPSA) is 54.4 Å². The zero-order valence-electron chi connectivity index (χ0n) is 8.70. The van der Waals surface area contributed by atoms with Crippen molar-refractivity contribution in [1.29, 1.82) is 0 Å². The van der Waals surface area contributed by atoms with Gasteiger partial charge in [0.05, 0.1) is 0 Å². The van der Waals surface area contributed by atoms with Gasteiger partial charge in [-0.25, -0.2) is 0 Å². The van der Waals surface area contributed by atoms with Gasteiger partial charge in [0, 0.05) is 17.7 Å². The number of rotatable bonds is 7. The van der Waals surface area contributed by atoms with Crippen LogP contribution in [0.25, 0.3) is 0 Å². The molecule has 0 saturated heterocycles. The van der Waals surface area contributed by atoms with Crippen molar-refractivity contribution >= 4 is 23.5 Å². The number of Topliss-reactive ketones (excluding diaryl/α,β-unsaturated/α-hetero) is 1. The summed E-state index contributed by atoms with van der Waals surface area (Å²) in [5, 5.41) is 8.42.